The summed E-state index contributed by atoms with van der Waals surface area (Å²) >= 11 is 0. The molecule has 1 atom stereocenters. The Labute approximate surface area is 190 Å². The fourth-order valence-electron chi connectivity index (χ4n) is 3.83. The molecule has 0 aliphatic rings. The zero-order valence-electron chi connectivity index (χ0n) is 17.6. The molecule has 0 bridgehead atoms. The fraction of sp³-hybridized carbons (Fsp3) is 0.120. The number of esters is 1. The molecule has 0 radical (unpaired) electrons. The number of hydrogen-bond acceptors (Lipinski definition) is 6. The summed E-state index contributed by atoms with van der Waals surface area (Å²) in [5.74, 6) is -8.35. The number of phenols is 2. The van der Waals surface area contributed by atoms with E-state index in [1.807, 2.05) is 0 Å². The largest absolute Gasteiger partial charge is 0.507 e. The zero-order chi connectivity index (χ0) is 24.6. The van der Waals surface area contributed by atoms with E-state index in [1.54, 1.807) is 30.3 Å². The molecule has 4 aromatic rings. The molecule has 0 saturated carbocycles. The molecule has 0 spiro atoms. The number of halogens is 3. The van der Waals surface area contributed by atoms with Crippen LogP contribution in [0.15, 0.2) is 63.8 Å². The molecule has 4 rings (SSSR count). The zero-order valence-corrected chi connectivity index (χ0v) is 17.6. The van der Waals surface area contributed by atoms with Gasteiger partial charge >= 0.3 is 5.97 Å². The second kappa shape index (κ2) is 8.93. The number of carbonyl (C=O) groups excluding carboxylic acids is 1. The number of methoxy groups -OCH3 is 1. The first-order chi connectivity index (χ1) is 16.2. The smallest absolute Gasteiger partial charge is 0.306 e. The molecule has 0 aliphatic carbocycles. The van der Waals surface area contributed by atoms with E-state index in [4.69, 9.17) is 4.42 Å². The van der Waals surface area contributed by atoms with Crippen molar-refractivity contribution in [1.29, 1.82) is 0 Å². The molecule has 174 valence electrons. The molecule has 2 N–H and O–H groups in total. The normalized spacial score (nSPS) is 12.0. The van der Waals surface area contributed by atoms with Gasteiger partial charge in [-0.3, -0.25) is 9.59 Å². The summed E-state index contributed by atoms with van der Waals surface area (Å²) in [6.45, 7) is 0. The number of fused-ring (bicyclic) bond motifs is 1. The Bertz CT molecular complexity index is 1460. The Balaban J connectivity index is 2.08. The number of carbonyl (C=O) groups is 1. The summed E-state index contributed by atoms with van der Waals surface area (Å²) in [6.07, 6.45) is -0.620. The number of ether oxygens (including phenoxy) is 1. The van der Waals surface area contributed by atoms with Crippen molar-refractivity contribution in [2.45, 2.75) is 12.3 Å². The van der Waals surface area contributed by atoms with Crippen LogP contribution < -0.4 is 5.43 Å². The lowest BCUT2D eigenvalue weighted by Crippen LogP contribution is -2.14. The third kappa shape index (κ3) is 3.96. The van der Waals surface area contributed by atoms with Gasteiger partial charge in [-0.25, -0.2) is 13.2 Å². The van der Waals surface area contributed by atoms with Crippen LogP contribution in [0.25, 0.3) is 22.3 Å². The van der Waals surface area contributed by atoms with E-state index in [2.05, 4.69) is 4.74 Å². The number of aromatic hydroxyl groups is 2. The maximum atomic E-state index is 14.8. The summed E-state index contributed by atoms with van der Waals surface area (Å²) < 4.78 is 53.0. The molecule has 1 heterocycles. The van der Waals surface area contributed by atoms with Crippen LogP contribution in [-0.4, -0.2) is 23.3 Å². The number of benzene rings is 3. The number of phenolic OH excluding ortho intramolecular Hbond substituents is 2. The fourth-order valence-corrected chi connectivity index (χ4v) is 3.83. The van der Waals surface area contributed by atoms with E-state index in [1.165, 1.54) is 0 Å². The molecule has 9 heteroatoms. The molecule has 0 saturated heterocycles. The van der Waals surface area contributed by atoms with Gasteiger partial charge < -0.3 is 19.4 Å². The second-order valence-corrected chi connectivity index (χ2v) is 7.47. The van der Waals surface area contributed by atoms with Gasteiger partial charge in [-0.2, -0.15) is 0 Å². The van der Waals surface area contributed by atoms with Crippen LogP contribution in [0, 0.1) is 17.5 Å². The third-order valence-electron chi connectivity index (χ3n) is 5.44. The molecule has 0 fully saturated rings. The average Bonchev–Trinajstić information content (AvgIpc) is 2.82. The van der Waals surface area contributed by atoms with Crippen molar-refractivity contribution in [2.24, 2.45) is 0 Å². The first-order valence-corrected chi connectivity index (χ1v) is 10.0. The molecule has 34 heavy (non-hydrogen) atoms. The van der Waals surface area contributed by atoms with Crippen LogP contribution in [0.4, 0.5) is 13.2 Å². The molecule has 6 nitrogen and oxygen atoms in total. The van der Waals surface area contributed by atoms with E-state index in [9.17, 15) is 33.0 Å². The number of rotatable bonds is 5. The maximum absolute atomic E-state index is 14.8. The summed E-state index contributed by atoms with van der Waals surface area (Å²) in [4.78, 5) is 25.0. The van der Waals surface area contributed by atoms with Crippen LogP contribution in [0.1, 0.15) is 23.5 Å². The van der Waals surface area contributed by atoms with Gasteiger partial charge in [0.25, 0.3) is 0 Å². The maximum Gasteiger partial charge on any atom is 0.306 e. The minimum atomic E-state index is -1.78. The monoisotopic (exact) mass is 470 g/mol. The van der Waals surface area contributed by atoms with Crippen molar-refractivity contribution in [3.63, 3.8) is 0 Å². The molecular formula is C25H17F3O6. The summed E-state index contributed by atoms with van der Waals surface area (Å²) in [5, 5.41) is 20.7. The summed E-state index contributed by atoms with van der Waals surface area (Å²) in [7, 11) is 1.07. The van der Waals surface area contributed by atoms with Gasteiger partial charge in [-0.15, -0.1) is 0 Å². The molecule has 0 unspecified atom stereocenters. The van der Waals surface area contributed by atoms with E-state index >= 15 is 0 Å². The van der Waals surface area contributed by atoms with Crippen molar-refractivity contribution in [3.05, 3.63) is 93.4 Å². The topological polar surface area (TPSA) is 97.0 Å². The van der Waals surface area contributed by atoms with Gasteiger partial charge in [0.2, 0.25) is 0 Å². The van der Waals surface area contributed by atoms with Crippen molar-refractivity contribution in [1.82, 2.24) is 0 Å². The van der Waals surface area contributed by atoms with Crippen molar-refractivity contribution >= 4 is 16.9 Å². The highest BCUT2D eigenvalue weighted by Gasteiger charge is 2.31. The molecular weight excluding hydrogens is 453 g/mol. The van der Waals surface area contributed by atoms with Crippen molar-refractivity contribution < 1.29 is 37.3 Å². The van der Waals surface area contributed by atoms with Crippen molar-refractivity contribution in [3.8, 4) is 22.8 Å². The average molecular weight is 470 g/mol. The third-order valence-corrected chi connectivity index (χ3v) is 5.44. The van der Waals surface area contributed by atoms with Crippen LogP contribution >= 0.6 is 0 Å². The van der Waals surface area contributed by atoms with E-state index in [0.29, 0.717) is 11.6 Å². The Kier molecular flexibility index (Phi) is 6.02. The van der Waals surface area contributed by atoms with Crippen LogP contribution in [-0.2, 0) is 9.53 Å². The first-order valence-electron chi connectivity index (χ1n) is 10.0. The number of hydrogen-bond donors (Lipinski definition) is 2. The van der Waals surface area contributed by atoms with E-state index in [0.717, 1.165) is 25.3 Å². The predicted molar refractivity (Wildman–Crippen MR) is 116 cm³/mol. The molecule has 3 aromatic carbocycles. The van der Waals surface area contributed by atoms with Crippen molar-refractivity contribution in [2.75, 3.05) is 7.11 Å². The minimum Gasteiger partial charge on any atom is -0.507 e. The van der Waals surface area contributed by atoms with Crippen LogP contribution in [0.3, 0.4) is 0 Å². The van der Waals surface area contributed by atoms with Gasteiger partial charge in [-0.1, -0.05) is 36.4 Å². The van der Waals surface area contributed by atoms with Crippen LogP contribution in [0.2, 0.25) is 0 Å². The first kappa shape index (κ1) is 22.9. The Hall–Kier alpha value is -4.27. The predicted octanol–water partition coefficient (Wildman–Crippen LogP) is 4.98. The molecule has 0 amide bonds. The Morgan fingerprint density at radius 2 is 1.71 bits per heavy atom. The lowest BCUT2D eigenvalue weighted by atomic mass is 9.86. The Morgan fingerprint density at radius 1 is 1.00 bits per heavy atom. The quantitative estimate of drug-likeness (QED) is 0.315. The highest BCUT2D eigenvalue weighted by Crippen LogP contribution is 2.43. The minimum absolute atomic E-state index is 0.0620. The van der Waals surface area contributed by atoms with Gasteiger partial charge in [0.15, 0.2) is 22.9 Å². The van der Waals surface area contributed by atoms with Gasteiger partial charge in [0, 0.05) is 29.2 Å². The van der Waals surface area contributed by atoms with E-state index < -0.39 is 58.3 Å². The lowest BCUT2D eigenvalue weighted by Gasteiger charge is -2.21. The SMILES string of the molecule is COC(=O)C[C@H](c1ccc(F)c(F)c1F)c1c(O)cc(O)c2c(=O)cc(-c3ccccc3)oc12. The molecule has 1 aromatic heterocycles. The summed E-state index contributed by atoms with van der Waals surface area (Å²) in [5.41, 5.74) is -1.31. The Morgan fingerprint density at radius 3 is 2.38 bits per heavy atom. The van der Waals surface area contributed by atoms with E-state index in [-0.39, 0.29) is 22.3 Å². The van der Waals surface area contributed by atoms with Crippen LogP contribution in [0.5, 0.6) is 11.5 Å². The second-order valence-electron chi connectivity index (χ2n) is 7.47. The standard InChI is InChI=1S/C25H17F3O6/c1-33-20(32)9-14(13-7-8-15(26)24(28)23(13)27)21-16(29)10-17(30)22-18(31)11-19(34-25(21)22)12-5-3-2-4-6-12/h2-8,10-11,14,29-30H,9H2,1H3/t14-/m1/s1. The highest BCUT2D eigenvalue weighted by atomic mass is 19.2. The highest BCUT2D eigenvalue weighted by molar-refractivity contribution is 5.90. The van der Waals surface area contributed by atoms with Gasteiger partial charge in [0.1, 0.15) is 28.2 Å². The van der Waals surface area contributed by atoms with Gasteiger partial charge in [-0.05, 0) is 11.6 Å². The van der Waals surface area contributed by atoms with Gasteiger partial charge in [0.05, 0.1) is 13.5 Å². The lowest BCUT2D eigenvalue weighted by molar-refractivity contribution is -0.140. The molecule has 0 aliphatic heterocycles. The summed E-state index contributed by atoms with van der Waals surface area (Å²) in [6, 6.07) is 12.0.